The largest absolute Gasteiger partial charge is 0.488 e. The zero-order valence-corrected chi connectivity index (χ0v) is 36.5. The second kappa shape index (κ2) is 16.6. The minimum atomic E-state index is -0.993. The van der Waals surface area contributed by atoms with Crippen molar-refractivity contribution in [2.45, 2.75) is 58.7 Å². The molecule has 4 aliphatic heterocycles. The number of carbonyl (C=O) groups is 5. The predicted octanol–water partition coefficient (Wildman–Crippen LogP) is 4.20. The van der Waals surface area contributed by atoms with E-state index in [1.807, 2.05) is 23.1 Å². The number of halogens is 1. The highest BCUT2D eigenvalue weighted by molar-refractivity contribution is 6.23. The highest BCUT2D eigenvalue weighted by Gasteiger charge is 2.64. The molecule has 332 valence electrons. The number of imide groups is 2. The van der Waals surface area contributed by atoms with E-state index in [-0.39, 0.29) is 47.6 Å². The lowest BCUT2D eigenvalue weighted by molar-refractivity contribution is -0.163. The lowest BCUT2D eigenvalue weighted by atomic mass is 9.49. The quantitative estimate of drug-likeness (QED) is 0.218. The maximum atomic E-state index is 15.7. The van der Waals surface area contributed by atoms with Gasteiger partial charge in [0.1, 0.15) is 29.8 Å². The van der Waals surface area contributed by atoms with Crippen molar-refractivity contribution in [3.8, 4) is 11.8 Å². The molecule has 3 aromatic carbocycles. The van der Waals surface area contributed by atoms with Gasteiger partial charge >= 0.3 is 0 Å². The highest BCUT2D eigenvalue weighted by Crippen LogP contribution is 2.56. The second-order valence-corrected chi connectivity index (χ2v) is 18.7. The van der Waals surface area contributed by atoms with Crippen molar-refractivity contribution >= 4 is 51.8 Å². The smallest absolute Gasteiger partial charge is 0.262 e. The topological polar surface area (TPSA) is 172 Å². The molecular formula is C48H52FN9O6. The molecule has 1 saturated carbocycles. The van der Waals surface area contributed by atoms with Crippen molar-refractivity contribution in [1.82, 2.24) is 30.3 Å². The molecule has 5 heterocycles. The SMILES string of the molecule is CC1(C)C(NC(=O)c2ccc(N3CCN(CCN4CCN(c5ccc6c(c5)C(=O)N(C5CCC(=O)NC5=O)C6=O)CC4)CC3)c(F)c2)C(C)(C)C1Oc1ccc(C#N)c2ncccc12. The molecule has 1 unspecified atom stereocenters. The molecule has 0 spiro atoms. The van der Waals surface area contributed by atoms with Gasteiger partial charge < -0.3 is 19.9 Å². The molecule has 1 aromatic heterocycles. The molecule has 5 aliphatic rings. The van der Waals surface area contributed by atoms with Gasteiger partial charge in [-0.2, -0.15) is 5.26 Å². The molecule has 15 nitrogen and oxygen atoms in total. The van der Waals surface area contributed by atoms with E-state index in [2.05, 4.69) is 64.1 Å². The number of nitrogens with zero attached hydrogens (tertiary/aromatic N) is 7. The van der Waals surface area contributed by atoms with Gasteiger partial charge in [0, 0.05) is 112 Å². The van der Waals surface area contributed by atoms with Crippen LogP contribution in [0, 0.1) is 28.0 Å². The molecule has 4 fully saturated rings. The Bertz CT molecular complexity index is 2600. The van der Waals surface area contributed by atoms with Gasteiger partial charge in [-0.1, -0.05) is 27.7 Å². The molecule has 3 saturated heterocycles. The number of carbonyl (C=O) groups excluding carboxylic acids is 5. The van der Waals surface area contributed by atoms with Crippen LogP contribution in [0.5, 0.6) is 5.75 Å². The molecule has 0 radical (unpaired) electrons. The van der Waals surface area contributed by atoms with E-state index in [4.69, 9.17) is 4.74 Å². The number of amides is 5. The van der Waals surface area contributed by atoms with E-state index in [0.717, 1.165) is 68.3 Å². The van der Waals surface area contributed by atoms with E-state index in [0.29, 0.717) is 35.6 Å². The maximum Gasteiger partial charge on any atom is 0.262 e. The van der Waals surface area contributed by atoms with E-state index in [9.17, 15) is 29.2 Å². The molecule has 2 N–H and O–H groups in total. The lowest BCUT2D eigenvalue weighted by Crippen LogP contribution is -2.74. The van der Waals surface area contributed by atoms with Crippen LogP contribution in [0.25, 0.3) is 10.9 Å². The maximum absolute atomic E-state index is 15.7. The first-order valence-electron chi connectivity index (χ1n) is 22.0. The van der Waals surface area contributed by atoms with Gasteiger partial charge in [-0.05, 0) is 67.1 Å². The number of hydrogen-bond donors (Lipinski definition) is 2. The van der Waals surface area contributed by atoms with Crippen molar-refractivity contribution in [3.63, 3.8) is 0 Å². The predicted molar refractivity (Wildman–Crippen MR) is 237 cm³/mol. The molecular weight excluding hydrogens is 818 g/mol. The van der Waals surface area contributed by atoms with Gasteiger partial charge in [0.25, 0.3) is 17.7 Å². The molecule has 64 heavy (non-hydrogen) atoms. The molecule has 1 atom stereocenters. The number of nitrogens with one attached hydrogen (secondary N) is 2. The Morgan fingerprint density at radius 2 is 1.53 bits per heavy atom. The van der Waals surface area contributed by atoms with Crippen molar-refractivity contribution in [3.05, 3.63) is 94.9 Å². The lowest BCUT2D eigenvalue weighted by Gasteiger charge is -2.63. The van der Waals surface area contributed by atoms with Gasteiger partial charge in [-0.25, -0.2) is 4.39 Å². The zero-order chi connectivity index (χ0) is 45.1. The first-order chi connectivity index (χ1) is 30.6. The number of aromatic nitrogens is 1. The Morgan fingerprint density at radius 3 is 2.19 bits per heavy atom. The van der Waals surface area contributed by atoms with Crippen molar-refractivity contribution in [2.24, 2.45) is 10.8 Å². The summed E-state index contributed by atoms with van der Waals surface area (Å²) in [6.45, 7) is 16.0. The van der Waals surface area contributed by atoms with Gasteiger partial charge in [-0.15, -0.1) is 0 Å². The normalized spacial score (nSPS) is 23.4. The van der Waals surface area contributed by atoms with Crippen LogP contribution in [0.1, 0.15) is 77.2 Å². The van der Waals surface area contributed by atoms with Crippen LogP contribution in [-0.2, 0) is 9.59 Å². The Morgan fingerprint density at radius 1 is 0.859 bits per heavy atom. The Kier molecular flexibility index (Phi) is 11.1. The minimum Gasteiger partial charge on any atom is -0.488 e. The Labute approximate surface area is 371 Å². The number of rotatable bonds is 10. The van der Waals surface area contributed by atoms with Crippen LogP contribution >= 0.6 is 0 Å². The van der Waals surface area contributed by atoms with E-state index in [1.165, 1.54) is 6.07 Å². The number of hydrogen-bond acceptors (Lipinski definition) is 12. The summed E-state index contributed by atoms with van der Waals surface area (Å²) in [6, 6.07) is 18.1. The number of anilines is 2. The van der Waals surface area contributed by atoms with Crippen molar-refractivity contribution in [2.75, 3.05) is 75.2 Å². The summed E-state index contributed by atoms with van der Waals surface area (Å²) >= 11 is 0. The molecule has 4 aromatic rings. The Balaban J connectivity index is 0.735. The molecule has 16 heteroatoms. The summed E-state index contributed by atoms with van der Waals surface area (Å²) in [7, 11) is 0. The van der Waals surface area contributed by atoms with Crippen LogP contribution in [0.3, 0.4) is 0 Å². The average molecular weight is 870 g/mol. The van der Waals surface area contributed by atoms with Gasteiger partial charge in [0.2, 0.25) is 11.8 Å². The summed E-state index contributed by atoms with van der Waals surface area (Å²) in [6.07, 6.45) is 1.58. The zero-order valence-electron chi connectivity index (χ0n) is 36.5. The van der Waals surface area contributed by atoms with Crippen LogP contribution < -0.4 is 25.2 Å². The number of piperidine rings is 1. The monoisotopic (exact) mass is 869 g/mol. The van der Waals surface area contributed by atoms with Crippen molar-refractivity contribution < 1.29 is 33.1 Å². The molecule has 0 bridgehead atoms. The van der Waals surface area contributed by atoms with Crippen LogP contribution in [0.4, 0.5) is 15.8 Å². The first-order valence-corrected chi connectivity index (χ1v) is 22.0. The third kappa shape index (κ3) is 7.60. The fraction of sp³-hybridized carbons (Fsp3) is 0.438. The standard InChI is InChI=1S/C48H52FN9O6/c1-47(2)45(48(3,4)46(47)64-38-13-8-30(28-50)40-33(38)6-5-15-51-40)53-41(60)29-7-11-36(35(49)26-29)57-24-20-55(21-25-57)17-16-54-18-22-56(23-19-54)31-9-10-32-34(27-31)44(63)58(43(32)62)37-12-14-39(59)52-42(37)61/h5-11,13,15,26-27,37,45-46H,12,14,16-25H2,1-4H3,(H,53,60)(H,52,59,61). The fourth-order valence-corrected chi connectivity index (χ4v) is 10.8. The number of benzene rings is 3. The van der Waals surface area contributed by atoms with Crippen LogP contribution in [0.2, 0.25) is 0 Å². The first kappa shape index (κ1) is 42.8. The number of fused-ring (bicyclic) bond motifs is 2. The molecule has 9 rings (SSSR count). The van der Waals surface area contributed by atoms with Gasteiger partial charge in [0.15, 0.2) is 0 Å². The third-order valence-electron chi connectivity index (χ3n) is 14.0. The fourth-order valence-electron chi connectivity index (χ4n) is 10.8. The second-order valence-electron chi connectivity index (χ2n) is 18.7. The van der Waals surface area contributed by atoms with Gasteiger partial charge in [-0.3, -0.25) is 49.0 Å². The molecule has 1 aliphatic carbocycles. The van der Waals surface area contributed by atoms with Crippen LogP contribution in [-0.4, -0.2) is 133 Å². The van der Waals surface area contributed by atoms with E-state index >= 15 is 4.39 Å². The van der Waals surface area contributed by atoms with E-state index in [1.54, 1.807) is 42.6 Å². The van der Waals surface area contributed by atoms with Gasteiger partial charge in [0.05, 0.1) is 27.9 Å². The Hall–Kier alpha value is -6.44. The number of nitriles is 1. The summed E-state index contributed by atoms with van der Waals surface area (Å²) < 4.78 is 22.4. The number of pyridine rings is 1. The highest BCUT2D eigenvalue weighted by atomic mass is 19.1. The summed E-state index contributed by atoms with van der Waals surface area (Å²) in [4.78, 5) is 78.6. The van der Waals surface area contributed by atoms with Crippen molar-refractivity contribution in [1.29, 1.82) is 5.26 Å². The minimum absolute atomic E-state index is 0.0759. The molecule has 5 amide bonds. The van der Waals surface area contributed by atoms with E-state index < -0.39 is 46.3 Å². The summed E-state index contributed by atoms with van der Waals surface area (Å²) in [5, 5.41) is 15.7. The summed E-state index contributed by atoms with van der Waals surface area (Å²) in [5.41, 5.74) is 2.27. The average Bonchev–Trinajstić information content (AvgIpc) is 3.54. The number of piperazine rings is 2. The number of ether oxygens (including phenoxy) is 1. The van der Waals surface area contributed by atoms with Crippen LogP contribution in [0.15, 0.2) is 66.9 Å². The third-order valence-corrected chi connectivity index (χ3v) is 14.0. The summed E-state index contributed by atoms with van der Waals surface area (Å²) in [5.74, 6) is -2.19.